The summed E-state index contributed by atoms with van der Waals surface area (Å²) in [6.45, 7) is 0. The van der Waals surface area contributed by atoms with Gasteiger partial charge in [0.25, 0.3) is 0 Å². The van der Waals surface area contributed by atoms with Crippen LogP contribution in [0, 0.1) is 12.3 Å². The molecule has 1 amide bonds. The Morgan fingerprint density at radius 2 is 2.00 bits per heavy atom. The average molecular weight is 280 g/mol. The summed E-state index contributed by atoms with van der Waals surface area (Å²) in [7, 11) is 0. The van der Waals surface area contributed by atoms with E-state index in [2.05, 4.69) is 11.2 Å². The van der Waals surface area contributed by atoms with Gasteiger partial charge < -0.3 is 16.2 Å². The number of phenols is 1. The topological polar surface area (TPSA) is 75.4 Å². The van der Waals surface area contributed by atoms with Gasteiger partial charge in [-0.05, 0) is 42.3 Å². The second kappa shape index (κ2) is 6.60. The highest BCUT2D eigenvalue weighted by Gasteiger charge is 2.14. The Balaban J connectivity index is 1.99. The highest BCUT2D eigenvalue weighted by atomic mass is 16.3. The molecule has 21 heavy (non-hydrogen) atoms. The molecule has 0 aliphatic carbocycles. The minimum absolute atomic E-state index is 0.183. The van der Waals surface area contributed by atoms with Crippen LogP contribution in [0.2, 0.25) is 0 Å². The summed E-state index contributed by atoms with van der Waals surface area (Å²) in [5, 5.41) is 12.0. The lowest BCUT2D eigenvalue weighted by Gasteiger charge is -2.12. The zero-order valence-corrected chi connectivity index (χ0v) is 11.4. The summed E-state index contributed by atoms with van der Waals surface area (Å²) >= 11 is 0. The highest BCUT2D eigenvalue weighted by molar-refractivity contribution is 5.95. The zero-order chi connectivity index (χ0) is 15.2. The maximum Gasteiger partial charge on any atom is 0.241 e. The predicted molar refractivity (Wildman–Crippen MR) is 82.8 cm³/mol. The summed E-state index contributed by atoms with van der Waals surface area (Å²) in [5.41, 5.74) is 8.09. The molecule has 1 atom stereocenters. The molecule has 0 heterocycles. The maximum absolute atomic E-state index is 12.0. The third-order valence-corrected chi connectivity index (χ3v) is 3.03. The van der Waals surface area contributed by atoms with Crippen LogP contribution in [0.3, 0.4) is 0 Å². The van der Waals surface area contributed by atoms with Crippen LogP contribution in [0.25, 0.3) is 0 Å². The smallest absolute Gasteiger partial charge is 0.241 e. The third-order valence-electron chi connectivity index (χ3n) is 3.03. The number of carbonyl (C=O) groups excluding carboxylic acids is 1. The molecule has 4 heteroatoms. The van der Waals surface area contributed by atoms with Gasteiger partial charge in [0, 0.05) is 11.3 Å². The van der Waals surface area contributed by atoms with E-state index in [0.717, 1.165) is 5.56 Å². The number of aromatic hydroxyl groups is 1. The Kier molecular flexibility index (Phi) is 4.60. The van der Waals surface area contributed by atoms with Crippen molar-refractivity contribution in [3.8, 4) is 18.1 Å². The van der Waals surface area contributed by atoms with E-state index in [9.17, 15) is 9.90 Å². The molecule has 0 aliphatic rings. The Hall–Kier alpha value is -2.77. The number of terminal acetylenes is 1. The SMILES string of the molecule is C#Cc1cccc(NC(=O)[C@H](N)Cc2ccc(O)cc2)c1. The monoisotopic (exact) mass is 280 g/mol. The largest absolute Gasteiger partial charge is 0.508 e. The minimum atomic E-state index is -0.677. The van der Waals surface area contributed by atoms with Crippen LogP contribution in [-0.2, 0) is 11.2 Å². The summed E-state index contributed by atoms with van der Waals surface area (Å²) in [5.74, 6) is 2.41. The second-order valence-electron chi connectivity index (χ2n) is 4.69. The van der Waals surface area contributed by atoms with Gasteiger partial charge in [-0.2, -0.15) is 0 Å². The molecule has 0 unspecified atom stereocenters. The zero-order valence-electron chi connectivity index (χ0n) is 11.4. The van der Waals surface area contributed by atoms with Crippen LogP contribution in [0.15, 0.2) is 48.5 Å². The Morgan fingerprint density at radius 3 is 2.67 bits per heavy atom. The van der Waals surface area contributed by atoms with E-state index in [0.29, 0.717) is 17.7 Å². The molecule has 2 aromatic rings. The van der Waals surface area contributed by atoms with E-state index in [4.69, 9.17) is 12.2 Å². The van der Waals surface area contributed by atoms with Crippen molar-refractivity contribution in [2.75, 3.05) is 5.32 Å². The predicted octanol–water partition coefficient (Wildman–Crippen LogP) is 1.88. The minimum Gasteiger partial charge on any atom is -0.508 e. The molecule has 0 bridgehead atoms. The lowest BCUT2D eigenvalue weighted by Crippen LogP contribution is -2.37. The van der Waals surface area contributed by atoms with Gasteiger partial charge in [-0.15, -0.1) is 6.42 Å². The molecule has 2 aromatic carbocycles. The number of anilines is 1. The molecule has 0 fully saturated rings. The number of nitrogens with two attached hydrogens (primary N) is 1. The lowest BCUT2D eigenvalue weighted by molar-refractivity contribution is -0.117. The first-order chi connectivity index (χ1) is 10.1. The summed E-state index contributed by atoms with van der Waals surface area (Å²) in [6.07, 6.45) is 5.71. The molecular weight excluding hydrogens is 264 g/mol. The van der Waals surface area contributed by atoms with E-state index < -0.39 is 6.04 Å². The number of rotatable bonds is 4. The quantitative estimate of drug-likeness (QED) is 0.749. The third kappa shape index (κ3) is 4.10. The van der Waals surface area contributed by atoms with Crippen molar-refractivity contribution >= 4 is 11.6 Å². The molecule has 4 N–H and O–H groups in total. The Bertz CT molecular complexity index is 672. The van der Waals surface area contributed by atoms with Gasteiger partial charge in [0.2, 0.25) is 5.91 Å². The summed E-state index contributed by atoms with van der Waals surface area (Å²) < 4.78 is 0. The Labute approximate surface area is 123 Å². The fraction of sp³-hybridized carbons (Fsp3) is 0.118. The molecule has 4 nitrogen and oxygen atoms in total. The van der Waals surface area contributed by atoms with Gasteiger partial charge in [0.15, 0.2) is 0 Å². The molecule has 0 saturated carbocycles. The normalized spacial score (nSPS) is 11.4. The molecule has 0 saturated heterocycles. The number of hydrogen-bond acceptors (Lipinski definition) is 3. The number of carbonyl (C=O) groups is 1. The number of nitrogens with one attached hydrogen (secondary N) is 1. The van der Waals surface area contributed by atoms with E-state index in [1.54, 1.807) is 48.5 Å². The summed E-state index contributed by atoms with van der Waals surface area (Å²) in [4.78, 5) is 12.0. The van der Waals surface area contributed by atoms with Crippen molar-refractivity contribution in [3.05, 3.63) is 59.7 Å². The average Bonchev–Trinajstić information content (AvgIpc) is 2.49. The van der Waals surface area contributed by atoms with Gasteiger partial charge >= 0.3 is 0 Å². The first kappa shape index (κ1) is 14.6. The van der Waals surface area contributed by atoms with Crippen LogP contribution in [-0.4, -0.2) is 17.1 Å². The van der Waals surface area contributed by atoms with Crippen LogP contribution < -0.4 is 11.1 Å². The fourth-order valence-electron chi connectivity index (χ4n) is 1.90. The van der Waals surface area contributed by atoms with Gasteiger partial charge in [0.05, 0.1) is 6.04 Å². The van der Waals surface area contributed by atoms with E-state index >= 15 is 0 Å². The van der Waals surface area contributed by atoms with E-state index in [1.165, 1.54) is 0 Å². The molecule has 0 aliphatic heterocycles. The lowest BCUT2D eigenvalue weighted by atomic mass is 10.1. The highest BCUT2D eigenvalue weighted by Crippen LogP contribution is 2.13. The fourth-order valence-corrected chi connectivity index (χ4v) is 1.90. The van der Waals surface area contributed by atoms with Gasteiger partial charge in [-0.1, -0.05) is 24.1 Å². The number of phenolic OH excluding ortho intramolecular Hbond substituents is 1. The standard InChI is InChI=1S/C17H16N2O2/c1-2-12-4-3-5-14(10-12)19-17(21)16(18)11-13-6-8-15(20)9-7-13/h1,3-10,16,20H,11,18H2,(H,19,21)/t16-/m1/s1. The van der Waals surface area contributed by atoms with E-state index in [-0.39, 0.29) is 11.7 Å². The molecule has 0 spiro atoms. The van der Waals surface area contributed by atoms with Crippen molar-refractivity contribution < 1.29 is 9.90 Å². The van der Waals surface area contributed by atoms with E-state index in [1.807, 2.05) is 0 Å². The van der Waals surface area contributed by atoms with Crippen molar-refractivity contribution in [1.82, 2.24) is 0 Å². The van der Waals surface area contributed by atoms with Gasteiger partial charge in [-0.25, -0.2) is 0 Å². The number of amides is 1. The molecular formula is C17H16N2O2. The Morgan fingerprint density at radius 1 is 1.29 bits per heavy atom. The van der Waals surface area contributed by atoms with Crippen molar-refractivity contribution in [3.63, 3.8) is 0 Å². The van der Waals surface area contributed by atoms with Gasteiger partial charge in [-0.3, -0.25) is 4.79 Å². The van der Waals surface area contributed by atoms with Crippen LogP contribution in [0.1, 0.15) is 11.1 Å². The molecule has 2 rings (SSSR count). The van der Waals surface area contributed by atoms with Crippen molar-refractivity contribution in [2.24, 2.45) is 5.73 Å². The molecule has 0 radical (unpaired) electrons. The van der Waals surface area contributed by atoms with Crippen LogP contribution in [0.5, 0.6) is 5.75 Å². The number of hydrogen-bond donors (Lipinski definition) is 3. The van der Waals surface area contributed by atoms with Crippen molar-refractivity contribution in [2.45, 2.75) is 12.5 Å². The van der Waals surface area contributed by atoms with Crippen LogP contribution in [0.4, 0.5) is 5.69 Å². The first-order valence-corrected chi connectivity index (χ1v) is 6.49. The first-order valence-electron chi connectivity index (χ1n) is 6.49. The molecule has 0 aromatic heterocycles. The summed E-state index contributed by atoms with van der Waals surface area (Å²) in [6, 6.07) is 13.0. The van der Waals surface area contributed by atoms with Gasteiger partial charge in [0.1, 0.15) is 5.75 Å². The number of benzene rings is 2. The molecule has 106 valence electrons. The second-order valence-corrected chi connectivity index (χ2v) is 4.69. The van der Waals surface area contributed by atoms with Crippen LogP contribution >= 0.6 is 0 Å². The maximum atomic E-state index is 12.0. The van der Waals surface area contributed by atoms with Crippen molar-refractivity contribution in [1.29, 1.82) is 0 Å².